The Bertz CT molecular complexity index is 1240. The molecule has 1 aromatic carbocycles. The highest BCUT2D eigenvalue weighted by Crippen LogP contribution is 2.32. The quantitative estimate of drug-likeness (QED) is 0.375. The van der Waals surface area contributed by atoms with Crippen molar-refractivity contribution < 1.29 is 23.1 Å². The number of amides is 1. The Labute approximate surface area is 220 Å². The summed E-state index contributed by atoms with van der Waals surface area (Å²) in [5, 5.41) is 17.3. The van der Waals surface area contributed by atoms with Gasteiger partial charge in [-0.2, -0.15) is 18.3 Å². The van der Waals surface area contributed by atoms with Crippen LogP contribution >= 0.6 is 22.6 Å². The molecule has 36 heavy (non-hydrogen) atoms. The number of anilines is 2. The number of nitrogens with zero attached hydrogens (tertiary/aromatic N) is 4. The fourth-order valence-electron chi connectivity index (χ4n) is 4.42. The Balaban J connectivity index is 1.44. The third-order valence-corrected chi connectivity index (χ3v) is 7.53. The number of hydrogen-bond donors (Lipinski definition) is 2. The van der Waals surface area contributed by atoms with Crippen LogP contribution in [0, 0.1) is 16.5 Å². The number of aliphatic hydroxyl groups is 1. The number of carbonyl (C=O) groups excluding carboxylic acids is 1. The summed E-state index contributed by atoms with van der Waals surface area (Å²) in [4.78, 5) is 19.7. The molecule has 0 radical (unpaired) electrons. The van der Waals surface area contributed by atoms with Crippen molar-refractivity contribution in [3.63, 3.8) is 0 Å². The van der Waals surface area contributed by atoms with Gasteiger partial charge in [-0.1, -0.05) is 0 Å². The second-order valence-corrected chi connectivity index (χ2v) is 10.6. The molecule has 0 atom stereocenters. The first-order valence-electron chi connectivity index (χ1n) is 11.5. The van der Waals surface area contributed by atoms with Gasteiger partial charge in [0.2, 0.25) is 0 Å². The molecular formula is C25H27F3IN5O2. The molecule has 2 N–H and O–H groups in total. The molecular weight excluding hydrogens is 586 g/mol. The Hall–Kier alpha value is -2.67. The molecule has 1 fully saturated rings. The van der Waals surface area contributed by atoms with Gasteiger partial charge in [0.15, 0.2) is 0 Å². The number of pyridine rings is 1. The number of hydrogen-bond acceptors (Lipinski definition) is 5. The first-order valence-corrected chi connectivity index (χ1v) is 12.6. The van der Waals surface area contributed by atoms with Crippen LogP contribution in [-0.4, -0.2) is 44.5 Å². The van der Waals surface area contributed by atoms with E-state index >= 15 is 0 Å². The summed E-state index contributed by atoms with van der Waals surface area (Å²) in [5.41, 5.74) is 0.725. The highest BCUT2D eigenvalue weighted by molar-refractivity contribution is 14.1. The summed E-state index contributed by atoms with van der Waals surface area (Å²) in [6.07, 6.45) is 0.329. The molecule has 0 unspecified atom stereocenters. The van der Waals surface area contributed by atoms with Crippen LogP contribution in [0.3, 0.4) is 0 Å². The molecule has 11 heteroatoms. The van der Waals surface area contributed by atoms with E-state index < -0.39 is 23.2 Å². The predicted octanol–water partition coefficient (Wildman–Crippen LogP) is 5.44. The van der Waals surface area contributed by atoms with E-state index in [1.54, 1.807) is 6.20 Å². The van der Waals surface area contributed by atoms with E-state index in [0.29, 0.717) is 20.6 Å². The SMILES string of the molecule is Cc1cc(NC(=O)c2cnn(-c3ccc(C(F)(F)F)cc3)c2I)cnc1N1CCC(C(C)(C)O)CC1. The van der Waals surface area contributed by atoms with E-state index in [1.807, 2.05) is 49.4 Å². The van der Waals surface area contributed by atoms with Crippen LogP contribution in [0.1, 0.15) is 48.2 Å². The summed E-state index contributed by atoms with van der Waals surface area (Å²) in [6, 6.07) is 6.45. The smallest absolute Gasteiger partial charge is 0.390 e. The molecule has 0 aliphatic carbocycles. The van der Waals surface area contributed by atoms with Crippen LogP contribution in [0.2, 0.25) is 0 Å². The summed E-state index contributed by atoms with van der Waals surface area (Å²) in [5.74, 6) is 0.711. The summed E-state index contributed by atoms with van der Waals surface area (Å²) in [6.45, 7) is 7.24. The van der Waals surface area contributed by atoms with Gasteiger partial charge in [-0.05, 0) is 98.0 Å². The number of aromatic nitrogens is 3. The zero-order chi connectivity index (χ0) is 26.3. The van der Waals surface area contributed by atoms with Crippen LogP contribution in [-0.2, 0) is 6.18 Å². The number of alkyl halides is 3. The summed E-state index contributed by atoms with van der Waals surface area (Å²) in [7, 11) is 0. The number of carbonyl (C=O) groups is 1. The number of rotatable bonds is 5. The first kappa shape index (κ1) is 26.4. The van der Waals surface area contributed by atoms with E-state index in [-0.39, 0.29) is 5.92 Å². The first-order chi connectivity index (χ1) is 16.8. The fourth-order valence-corrected chi connectivity index (χ4v) is 5.21. The maximum absolute atomic E-state index is 12.9. The van der Waals surface area contributed by atoms with Crippen molar-refractivity contribution >= 4 is 40.0 Å². The van der Waals surface area contributed by atoms with Gasteiger partial charge in [0.05, 0.1) is 40.5 Å². The van der Waals surface area contributed by atoms with Gasteiger partial charge in [-0.25, -0.2) is 9.67 Å². The van der Waals surface area contributed by atoms with Crippen molar-refractivity contribution in [3.8, 4) is 5.69 Å². The normalized spacial score (nSPS) is 15.3. The lowest BCUT2D eigenvalue weighted by molar-refractivity contribution is -0.137. The van der Waals surface area contributed by atoms with E-state index in [0.717, 1.165) is 49.4 Å². The van der Waals surface area contributed by atoms with Gasteiger partial charge in [0.25, 0.3) is 5.91 Å². The Morgan fingerprint density at radius 1 is 1.14 bits per heavy atom. The van der Waals surface area contributed by atoms with Crippen molar-refractivity contribution in [2.75, 3.05) is 23.3 Å². The molecule has 1 aliphatic heterocycles. The van der Waals surface area contributed by atoms with E-state index in [4.69, 9.17) is 0 Å². The molecule has 1 amide bonds. The van der Waals surface area contributed by atoms with Gasteiger partial charge in [-0.15, -0.1) is 0 Å². The highest BCUT2D eigenvalue weighted by atomic mass is 127. The van der Waals surface area contributed by atoms with Crippen molar-refractivity contribution in [2.45, 2.75) is 45.4 Å². The lowest BCUT2D eigenvalue weighted by Gasteiger charge is -2.38. The molecule has 0 saturated carbocycles. The second kappa shape index (κ2) is 10.0. The summed E-state index contributed by atoms with van der Waals surface area (Å²) < 4.78 is 40.4. The molecule has 3 aromatic rings. The van der Waals surface area contributed by atoms with Gasteiger partial charge in [-0.3, -0.25) is 4.79 Å². The van der Waals surface area contributed by atoms with Gasteiger partial charge in [0, 0.05) is 13.1 Å². The van der Waals surface area contributed by atoms with Crippen LogP contribution < -0.4 is 10.2 Å². The minimum absolute atomic E-state index is 0.249. The molecule has 192 valence electrons. The Morgan fingerprint density at radius 2 is 1.78 bits per heavy atom. The molecule has 0 bridgehead atoms. The Morgan fingerprint density at radius 3 is 2.33 bits per heavy atom. The maximum atomic E-state index is 12.9. The molecule has 7 nitrogen and oxygen atoms in total. The molecule has 3 heterocycles. The van der Waals surface area contributed by atoms with Crippen molar-refractivity contribution in [2.24, 2.45) is 5.92 Å². The highest BCUT2D eigenvalue weighted by Gasteiger charge is 2.32. The molecule has 1 saturated heterocycles. The zero-order valence-corrected chi connectivity index (χ0v) is 22.3. The summed E-state index contributed by atoms with van der Waals surface area (Å²) >= 11 is 1.95. The second-order valence-electron chi connectivity index (χ2n) is 9.54. The molecule has 4 rings (SSSR count). The topological polar surface area (TPSA) is 83.3 Å². The number of aryl methyl sites for hydroxylation is 1. The number of halogens is 4. The fraction of sp³-hybridized carbons (Fsp3) is 0.400. The van der Waals surface area contributed by atoms with Crippen LogP contribution in [0.15, 0.2) is 42.7 Å². The van der Waals surface area contributed by atoms with Crippen molar-refractivity contribution in [3.05, 3.63) is 63.1 Å². The third-order valence-electron chi connectivity index (χ3n) is 6.50. The Kier molecular flexibility index (Phi) is 7.33. The standard InChI is InChI=1S/C25H27F3IN5O2/c1-15-12-18(13-30-22(15)33-10-8-16(9-11-33)24(2,3)36)32-23(35)20-14-31-34(21(20)29)19-6-4-17(5-7-19)25(26,27)28/h4-7,12-14,16,36H,8-11H2,1-3H3,(H,32,35). The van der Waals surface area contributed by atoms with E-state index in [2.05, 4.69) is 20.3 Å². The minimum atomic E-state index is -4.42. The van der Waals surface area contributed by atoms with Gasteiger partial charge >= 0.3 is 6.18 Å². The van der Waals surface area contributed by atoms with Crippen molar-refractivity contribution in [1.29, 1.82) is 0 Å². The lowest BCUT2D eigenvalue weighted by atomic mass is 9.83. The van der Waals surface area contributed by atoms with Crippen LogP contribution in [0.4, 0.5) is 24.7 Å². The van der Waals surface area contributed by atoms with Crippen molar-refractivity contribution in [1.82, 2.24) is 14.8 Å². The largest absolute Gasteiger partial charge is 0.416 e. The third kappa shape index (κ3) is 5.66. The van der Waals surface area contributed by atoms with E-state index in [1.165, 1.54) is 23.0 Å². The van der Waals surface area contributed by atoms with Crippen LogP contribution in [0.5, 0.6) is 0 Å². The zero-order valence-electron chi connectivity index (χ0n) is 20.1. The average Bonchev–Trinajstić information content (AvgIpc) is 3.19. The monoisotopic (exact) mass is 613 g/mol. The maximum Gasteiger partial charge on any atom is 0.416 e. The van der Waals surface area contributed by atoms with E-state index in [9.17, 15) is 23.1 Å². The molecule has 1 aliphatic rings. The average molecular weight is 613 g/mol. The van der Waals surface area contributed by atoms with Gasteiger partial charge in [0.1, 0.15) is 9.52 Å². The minimum Gasteiger partial charge on any atom is -0.390 e. The number of nitrogens with one attached hydrogen (secondary N) is 1. The lowest BCUT2D eigenvalue weighted by Crippen LogP contribution is -2.42. The van der Waals surface area contributed by atoms with Crippen LogP contribution in [0.25, 0.3) is 5.69 Å². The molecule has 2 aromatic heterocycles. The number of benzene rings is 1. The van der Waals surface area contributed by atoms with Gasteiger partial charge < -0.3 is 15.3 Å². The molecule has 0 spiro atoms. The number of piperidine rings is 1. The predicted molar refractivity (Wildman–Crippen MR) is 139 cm³/mol.